The van der Waals surface area contributed by atoms with Gasteiger partial charge in [0.25, 0.3) is 5.69 Å². The SMILES string of the molecule is COc1cccc(C(=O)COC(=O)c2ccc(N3CCCC3)c([N+](=O)[O-])c2)c1. The Morgan fingerprint density at radius 1 is 1.11 bits per heavy atom. The van der Waals surface area contributed by atoms with Gasteiger partial charge in [-0.05, 0) is 37.1 Å². The zero-order valence-electron chi connectivity index (χ0n) is 15.4. The van der Waals surface area contributed by atoms with E-state index in [0.717, 1.165) is 25.9 Å². The molecule has 1 aliphatic heterocycles. The molecular formula is C20H20N2O6. The summed E-state index contributed by atoms with van der Waals surface area (Å²) >= 11 is 0. The molecule has 8 heteroatoms. The maximum Gasteiger partial charge on any atom is 0.338 e. The maximum atomic E-state index is 12.3. The predicted molar refractivity (Wildman–Crippen MR) is 102 cm³/mol. The Labute approximate surface area is 161 Å². The van der Waals surface area contributed by atoms with Crippen molar-refractivity contribution in [2.75, 3.05) is 31.7 Å². The van der Waals surface area contributed by atoms with Gasteiger partial charge in [0.05, 0.1) is 17.6 Å². The molecule has 0 bridgehead atoms. The third kappa shape index (κ3) is 4.28. The van der Waals surface area contributed by atoms with Crippen molar-refractivity contribution in [2.45, 2.75) is 12.8 Å². The molecule has 0 radical (unpaired) electrons. The average Bonchev–Trinajstić information content (AvgIpc) is 3.26. The molecule has 0 saturated carbocycles. The summed E-state index contributed by atoms with van der Waals surface area (Å²) in [5.74, 6) is -0.659. The molecule has 0 N–H and O–H groups in total. The van der Waals surface area contributed by atoms with E-state index in [-0.39, 0.29) is 11.3 Å². The molecule has 0 amide bonds. The molecule has 0 spiro atoms. The van der Waals surface area contributed by atoms with Crippen LogP contribution >= 0.6 is 0 Å². The Morgan fingerprint density at radius 2 is 1.86 bits per heavy atom. The van der Waals surface area contributed by atoms with E-state index >= 15 is 0 Å². The van der Waals surface area contributed by atoms with Gasteiger partial charge in [-0.15, -0.1) is 0 Å². The Bertz CT molecular complexity index is 905. The number of carbonyl (C=O) groups excluding carboxylic acids is 2. The van der Waals surface area contributed by atoms with Crippen molar-refractivity contribution in [1.29, 1.82) is 0 Å². The van der Waals surface area contributed by atoms with E-state index < -0.39 is 23.3 Å². The van der Waals surface area contributed by atoms with Crippen LogP contribution in [-0.2, 0) is 4.74 Å². The maximum absolute atomic E-state index is 12.3. The molecule has 1 saturated heterocycles. The van der Waals surface area contributed by atoms with Gasteiger partial charge in [0.2, 0.25) is 0 Å². The van der Waals surface area contributed by atoms with Gasteiger partial charge in [-0.2, -0.15) is 0 Å². The lowest BCUT2D eigenvalue weighted by Crippen LogP contribution is -2.19. The fraction of sp³-hybridized carbons (Fsp3) is 0.300. The summed E-state index contributed by atoms with van der Waals surface area (Å²) in [6.45, 7) is 1.03. The highest BCUT2D eigenvalue weighted by atomic mass is 16.6. The Balaban J connectivity index is 1.70. The zero-order chi connectivity index (χ0) is 20.1. The molecule has 0 aliphatic carbocycles. The van der Waals surface area contributed by atoms with Gasteiger partial charge >= 0.3 is 5.97 Å². The minimum atomic E-state index is -0.785. The van der Waals surface area contributed by atoms with Crippen LogP contribution in [0.4, 0.5) is 11.4 Å². The lowest BCUT2D eigenvalue weighted by molar-refractivity contribution is -0.384. The number of hydrogen-bond donors (Lipinski definition) is 0. The van der Waals surface area contributed by atoms with Crippen molar-refractivity contribution >= 4 is 23.1 Å². The Morgan fingerprint density at radius 3 is 2.54 bits per heavy atom. The third-order valence-electron chi connectivity index (χ3n) is 4.58. The highest BCUT2D eigenvalue weighted by Crippen LogP contribution is 2.31. The number of benzene rings is 2. The van der Waals surface area contributed by atoms with E-state index in [1.54, 1.807) is 30.3 Å². The van der Waals surface area contributed by atoms with Crippen LogP contribution in [0.2, 0.25) is 0 Å². The molecule has 3 rings (SSSR count). The van der Waals surface area contributed by atoms with Gasteiger partial charge in [-0.25, -0.2) is 4.79 Å². The highest BCUT2D eigenvalue weighted by Gasteiger charge is 2.24. The van der Waals surface area contributed by atoms with Gasteiger partial charge in [0, 0.05) is 24.7 Å². The van der Waals surface area contributed by atoms with Crippen LogP contribution < -0.4 is 9.64 Å². The molecule has 1 fully saturated rings. The van der Waals surface area contributed by atoms with Crippen LogP contribution in [-0.4, -0.2) is 43.5 Å². The molecule has 0 atom stereocenters. The van der Waals surface area contributed by atoms with Gasteiger partial charge in [0.15, 0.2) is 12.4 Å². The Kier molecular flexibility index (Phi) is 5.88. The molecule has 146 valence electrons. The van der Waals surface area contributed by atoms with Crippen molar-refractivity contribution in [1.82, 2.24) is 0 Å². The number of methoxy groups -OCH3 is 1. The zero-order valence-corrected chi connectivity index (χ0v) is 15.4. The van der Waals surface area contributed by atoms with Gasteiger partial charge < -0.3 is 14.4 Å². The number of nitro benzene ring substituents is 1. The van der Waals surface area contributed by atoms with Crippen LogP contribution in [0.3, 0.4) is 0 Å². The van der Waals surface area contributed by atoms with E-state index in [1.165, 1.54) is 19.2 Å². The quantitative estimate of drug-likeness (QED) is 0.313. The topological polar surface area (TPSA) is 99.0 Å². The molecule has 1 heterocycles. The minimum absolute atomic E-state index is 0.0353. The number of ketones is 1. The number of rotatable bonds is 7. The van der Waals surface area contributed by atoms with E-state index in [9.17, 15) is 19.7 Å². The van der Waals surface area contributed by atoms with Crippen LogP contribution in [0, 0.1) is 10.1 Å². The smallest absolute Gasteiger partial charge is 0.338 e. The van der Waals surface area contributed by atoms with Gasteiger partial charge in [-0.3, -0.25) is 14.9 Å². The first kappa shape index (κ1) is 19.3. The van der Waals surface area contributed by atoms with Crippen molar-refractivity contribution in [3.8, 4) is 5.75 Å². The van der Waals surface area contributed by atoms with E-state index in [4.69, 9.17) is 9.47 Å². The van der Waals surface area contributed by atoms with Crippen molar-refractivity contribution in [2.24, 2.45) is 0 Å². The summed E-state index contributed by atoms with van der Waals surface area (Å²) in [6.07, 6.45) is 1.96. The molecule has 0 aromatic heterocycles. The minimum Gasteiger partial charge on any atom is -0.497 e. The molecule has 2 aromatic rings. The highest BCUT2D eigenvalue weighted by molar-refractivity contribution is 5.99. The van der Waals surface area contributed by atoms with Gasteiger partial charge in [-0.1, -0.05) is 12.1 Å². The number of ether oxygens (including phenoxy) is 2. The first-order chi connectivity index (χ1) is 13.5. The predicted octanol–water partition coefficient (Wildman–Crippen LogP) is 3.24. The van der Waals surface area contributed by atoms with Crippen molar-refractivity contribution in [3.63, 3.8) is 0 Å². The number of anilines is 1. The molecule has 8 nitrogen and oxygen atoms in total. The number of Topliss-reactive ketones (excluding diaryl/α,β-unsaturated/α-hetero) is 1. The second kappa shape index (κ2) is 8.51. The lowest BCUT2D eigenvalue weighted by Gasteiger charge is -2.17. The van der Waals surface area contributed by atoms with Crippen LogP contribution in [0.15, 0.2) is 42.5 Å². The summed E-state index contributed by atoms with van der Waals surface area (Å²) in [6, 6.07) is 10.7. The van der Waals surface area contributed by atoms with E-state index in [2.05, 4.69) is 0 Å². The first-order valence-corrected chi connectivity index (χ1v) is 8.87. The molecule has 2 aromatic carbocycles. The van der Waals surface area contributed by atoms with Crippen LogP contribution in [0.1, 0.15) is 33.6 Å². The number of carbonyl (C=O) groups is 2. The lowest BCUT2D eigenvalue weighted by atomic mass is 10.1. The summed E-state index contributed by atoms with van der Waals surface area (Å²) in [5.41, 5.74) is 0.734. The molecular weight excluding hydrogens is 364 g/mol. The van der Waals surface area contributed by atoms with Crippen molar-refractivity contribution < 1.29 is 24.0 Å². The van der Waals surface area contributed by atoms with Crippen molar-refractivity contribution in [3.05, 3.63) is 63.7 Å². The normalized spacial score (nSPS) is 13.2. The summed E-state index contributed by atoms with van der Waals surface area (Å²) in [5, 5.41) is 11.4. The average molecular weight is 384 g/mol. The number of nitrogens with zero attached hydrogens (tertiary/aromatic N) is 2. The fourth-order valence-electron chi connectivity index (χ4n) is 3.12. The number of hydrogen-bond acceptors (Lipinski definition) is 7. The standard InChI is InChI=1S/C20H20N2O6/c1-27-16-6-4-5-14(11-16)19(23)13-28-20(24)15-7-8-17(18(12-15)22(25)26)21-9-2-3-10-21/h4-8,11-12H,2-3,9-10,13H2,1H3. The summed E-state index contributed by atoms with van der Waals surface area (Å²) in [7, 11) is 1.49. The summed E-state index contributed by atoms with van der Waals surface area (Å²) in [4.78, 5) is 37.3. The Hall–Kier alpha value is -3.42. The molecule has 0 unspecified atom stereocenters. The van der Waals surface area contributed by atoms with Crippen LogP contribution in [0.5, 0.6) is 5.75 Å². The largest absolute Gasteiger partial charge is 0.497 e. The molecule has 1 aliphatic rings. The monoisotopic (exact) mass is 384 g/mol. The second-order valence-corrected chi connectivity index (χ2v) is 6.39. The van der Waals surface area contributed by atoms with Gasteiger partial charge in [0.1, 0.15) is 11.4 Å². The van der Waals surface area contributed by atoms with E-state index in [0.29, 0.717) is 17.0 Å². The second-order valence-electron chi connectivity index (χ2n) is 6.39. The summed E-state index contributed by atoms with van der Waals surface area (Å²) < 4.78 is 10.1. The number of esters is 1. The fourth-order valence-corrected chi connectivity index (χ4v) is 3.12. The number of nitro groups is 1. The third-order valence-corrected chi connectivity index (χ3v) is 4.58. The molecule has 28 heavy (non-hydrogen) atoms. The first-order valence-electron chi connectivity index (χ1n) is 8.87. The van der Waals surface area contributed by atoms with E-state index in [1.807, 2.05) is 4.90 Å². The van der Waals surface area contributed by atoms with Crippen LogP contribution in [0.25, 0.3) is 0 Å².